The molecule has 1 atom stereocenters. The first-order chi connectivity index (χ1) is 7.51. The summed E-state index contributed by atoms with van der Waals surface area (Å²) in [7, 11) is 0. The number of aryl methyl sites for hydroxylation is 2. The van der Waals surface area contributed by atoms with Crippen LogP contribution in [-0.2, 0) is 4.79 Å². The van der Waals surface area contributed by atoms with Gasteiger partial charge < -0.3 is 10.8 Å². The van der Waals surface area contributed by atoms with Crippen LogP contribution >= 0.6 is 0 Å². The number of carboxylic acid groups (broad SMARTS) is 1. The second kappa shape index (κ2) is 4.90. The van der Waals surface area contributed by atoms with Gasteiger partial charge in [-0.25, -0.2) is 0 Å². The quantitative estimate of drug-likeness (QED) is 0.750. The molecule has 1 unspecified atom stereocenters. The summed E-state index contributed by atoms with van der Waals surface area (Å²) in [5, 5.41) is 9.01. The normalized spacial score (nSPS) is 12.2. The zero-order valence-corrected chi connectivity index (χ0v) is 9.36. The number of carbonyl (C=O) groups is 2. The van der Waals surface area contributed by atoms with Crippen LogP contribution in [0.25, 0.3) is 0 Å². The summed E-state index contributed by atoms with van der Waals surface area (Å²) in [5.41, 5.74) is 8.24. The minimum atomic E-state index is -1.01. The highest BCUT2D eigenvalue weighted by Gasteiger charge is 2.21. The van der Waals surface area contributed by atoms with Crippen molar-refractivity contribution >= 4 is 12.3 Å². The molecule has 0 aliphatic rings. The Labute approximate surface area is 94.1 Å². The summed E-state index contributed by atoms with van der Waals surface area (Å²) in [6.45, 7) is 3.74. The number of hydrogen-bond donors (Lipinski definition) is 2. The molecule has 0 aliphatic carbocycles. The van der Waals surface area contributed by atoms with Gasteiger partial charge in [-0.3, -0.25) is 9.59 Å². The first kappa shape index (κ1) is 12.4. The summed E-state index contributed by atoms with van der Waals surface area (Å²) in [5.74, 6) is -1.83. The Bertz CT molecular complexity index is 427. The van der Waals surface area contributed by atoms with Gasteiger partial charge in [0.1, 0.15) is 6.29 Å². The molecule has 0 bridgehead atoms. The Hall–Kier alpha value is -1.68. The van der Waals surface area contributed by atoms with Gasteiger partial charge >= 0.3 is 5.97 Å². The number of rotatable bonds is 4. The van der Waals surface area contributed by atoms with Crippen LogP contribution in [0.3, 0.4) is 0 Å². The second-order valence-electron chi connectivity index (χ2n) is 3.81. The van der Waals surface area contributed by atoms with Gasteiger partial charge in [0.15, 0.2) is 0 Å². The zero-order valence-electron chi connectivity index (χ0n) is 9.36. The van der Waals surface area contributed by atoms with Crippen molar-refractivity contribution in [1.82, 2.24) is 0 Å². The molecule has 0 saturated heterocycles. The fourth-order valence-electron chi connectivity index (χ4n) is 1.63. The minimum absolute atomic E-state index is 0.0152. The van der Waals surface area contributed by atoms with E-state index in [1.165, 1.54) is 0 Å². The van der Waals surface area contributed by atoms with Gasteiger partial charge in [-0.2, -0.15) is 0 Å². The lowest BCUT2D eigenvalue weighted by Crippen LogP contribution is -2.22. The standard InChI is InChI=1S/C12H15NO3/c1-7-3-9(6-14)10(4-8(7)2)11(5-13)12(15)16/h3-4,6,11H,5,13H2,1-2H3,(H,15,16). The first-order valence-corrected chi connectivity index (χ1v) is 5.00. The average Bonchev–Trinajstić information content (AvgIpc) is 2.23. The maximum atomic E-state index is 11.0. The molecule has 4 nitrogen and oxygen atoms in total. The van der Waals surface area contributed by atoms with E-state index in [1.54, 1.807) is 12.1 Å². The second-order valence-corrected chi connectivity index (χ2v) is 3.81. The molecule has 0 spiro atoms. The van der Waals surface area contributed by atoms with Crippen LogP contribution < -0.4 is 5.73 Å². The number of aliphatic carboxylic acids is 1. The molecule has 0 saturated carbocycles. The van der Waals surface area contributed by atoms with E-state index >= 15 is 0 Å². The van der Waals surface area contributed by atoms with Gasteiger partial charge in [0.2, 0.25) is 0 Å². The molecule has 0 radical (unpaired) electrons. The smallest absolute Gasteiger partial charge is 0.312 e. The van der Waals surface area contributed by atoms with Crippen LogP contribution in [0.2, 0.25) is 0 Å². The lowest BCUT2D eigenvalue weighted by Gasteiger charge is -2.14. The van der Waals surface area contributed by atoms with Gasteiger partial charge in [-0.05, 0) is 36.6 Å². The lowest BCUT2D eigenvalue weighted by atomic mass is 9.91. The lowest BCUT2D eigenvalue weighted by molar-refractivity contribution is -0.138. The summed E-state index contributed by atoms with van der Waals surface area (Å²) in [4.78, 5) is 21.9. The van der Waals surface area contributed by atoms with Crippen molar-refractivity contribution in [3.05, 3.63) is 34.4 Å². The van der Waals surface area contributed by atoms with Crippen molar-refractivity contribution in [2.75, 3.05) is 6.54 Å². The van der Waals surface area contributed by atoms with Crippen LogP contribution in [0, 0.1) is 13.8 Å². The highest BCUT2D eigenvalue weighted by Crippen LogP contribution is 2.22. The Morgan fingerprint density at radius 2 is 2.00 bits per heavy atom. The molecule has 1 aromatic carbocycles. The largest absolute Gasteiger partial charge is 0.481 e. The summed E-state index contributed by atoms with van der Waals surface area (Å²) in [6, 6.07) is 3.42. The van der Waals surface area contributed by atoms with E-state index in [0.29, 0.717) is 17.4 Å². The Balaban J connectivity index is 3.35. The SMILES string of the molecule is Cc1cc(C=O)c(C(CN)C(=O)O)cc1C. The molecule has 0 heterocycles. The van der Waals surface area contributed by atoms with Crippen molar-refractivity contribution in [2.45, 2.75) is 19.8 Å². The summed E-state index contributed by atoms with van der Waals surface area (Å²) < 4.78 is 0. The molecule has 4 heteroatoms. The third kappa shape index (κ3) is 2.28. The van der Waals surface area contributed by atoms with Crippen molar-refractivity contribution in [3.8, 4) is 0 Å². The molecule has 3 N–H and O–H groups in total. The van der Waals surface area contributed by atoms with Crippen LogP contribution in [-0.4, -0.2) is 23.9 Å². The topological polar surface area (TPSA) is 80.4 Å². The van der Waals surface area contributed by atoms with E-state index in [9.17, 15) is 9.59 Å². The van der Waals surface area contributed by atoms with Crippen LogP contribution in [0.5, 0.6) is 0 Å². The molecule has 0 aliphatic heterocycles. The third-order valence-corrected chi connectivity index (χ3v) is 2.74. The van der Waals surface area contributed by atoms with Crippen LogP contribution in [0.1, 0.15) is 33.0 Å². The number of hydrogen-bond acceptors (Lipinski definition) is 3. The highest BCUT2D eigenvalue weighted by atomic mass is 16.4. The van der Waals surface area contributed by atoms with E-state index in [0.717, 1.165) is 11.1 Å². The molecule has 1 aromatic rings. The maximum absolute atomic E-state index is 11.0. The van der Waals surface area contributed by atoms with Crippen molar-refractivity contribution < 1.29 is 14.7 Å². The van der Waals surface area contributed by atoms with Gasteiger partial charge in [0, 0.05) is 12.1 Å². The number of benzene rings is 1. The molecular formula is C12H15NO3. The van der Waals surface area contributed by atoms with E-state index in [1.807, 2.05) is 13.8 Å². The Morgan fingerprint density at radius 3 is 2.44 bits per heavy atom. The van der Waals surface area contributed by atoms with Gasteiger partial charge in [-0.15, -0.1) is 0 Å². The first-order valence-electron chi connectivity index (χ1n) is 5.00. The van der Waals surface area contributed by atoms with Gasteiger partial charge in [0.05, 0.1) is 5.92 Å². The summed E-state index contributed by atoms with van der Waals surface area (Å²) >= 11 is 0. The predicted octanol–water partition coefficient (Wildman–Crippen LogP) is 1.24. The van der Waals surface area contributed by atoms with Crippen molar-refractivity contribution in [2.24, 2.45) is 5.73 Å². The van der Waals surface area contributed by atoms with Gasteiger partial charge in [-0.1, -0.05) is 6.07 Å². The number of carboxylic acids is 1. The van der Waals surface area contributed by atoms with Crippen molar-refractivity contribution in [1.29, 1.82) is 0 Å². The fourth-order valence-corrected chi connectivity index (χ4v) is 1.63. The number of nitrogens with two attached hydrogens (primary N) is 1. The van der Waals surface area contributed by atoms with E-state index in [4.69, 9.17) is 10.8 Å². The monoisotopic (exact) mass is 221 g/mol. The number of aldehydes is 1. The fraction of sp³-hybridized carbons (Fsp3) is 0.333. The molecule has 0 fully saturated rings. The molecule has 86 valence electrons. The predicted molar refractivity (Wildman–Crippen MR) is 60.7 cm³/mol. The van der Waals surface area contributed by atoms with Gasteiger partial charge in [0.25, 0.3) is 0 Å². The zero-order chi connectivity index (χ0) is 12.3. The summed E-state index contributed by atoms with van der Waals surface area (Å²) in [6.07, 6.45) is 0.674. The molecular weight excluding hydrogens is 206 g/mol. The van der Waals surface area contributed by atoms with E-state index in [-0.39, 0.29) is 6.54 Å². The average molecular weight is 221 g/mol. The molecule has 0 aromatic heterocycles. The Kier molecular flexibility index (Phi) is 3.79. The number of carbonyl (C=O) groups excluding carboxylic acids is 1. The maximum Gasteiger partial charge on any atom is 0.312 e. The van der Waals surface area contributed by atoms with Crippen LogP contribution in [0.4, 0.5) is 0 Å². The van der Waals surface area contributed by atoms with E-state index < -0.39 is 11.9 Å². The van der Waals surface area contributed by atoms with Crippen molar-refractivity contribution in [3.63, 3.8) is 0 Å². The highest BCUT2D eigenvalue weighted by molar-refractivity contribution is 5.84. The molecule has 16 heavy (non-hydrogen) atoms. The molecule has 0 amide bonds. The third-order valence-electron chi connectivity index (χ3n) is 2.74. The Morgan fingerprint density at radius 1 is 1.44 bits per heavy atom. The van der Waals surface area contributed by atoms with E-state index in [2.05, 4.69) is 0 Å². The minimum Gasteiger partial charge on any atom is -0.481 e. The molecule has 1 rings (SSSR count). The van der Waals surface area contributed by atoms with Crippen LogP contribution in [0.15, 0.2) is 12.1 Å².